The third-order valence-corrected chi connectivity index (χ3v) is 4.11. The summed E-state index contributed by atoms with van der Waals surface area (Å²) in [5.41, 5.74) is 0. The van der Waals surface area contributed by atoms with Gasteiger partial charge in [-0.2, -0.15) is 0 Å². The van der Waals surface area contributed by atoms with Gasteiger partial charge < -0.3 is 9.64 Å². The molecule has 0 atom stereocenters. The predicted octanol–water partition coefficient (Wildman–Crippen LogP) is 3.45. The SMILES string of the molecule is COc1ccc2ccnc(N3CCC(Cl)CC3)c2c1. The fourth-order valence-electron chi connectivity index (χ4n) is 2.57. The highest BCUT2D eigenvalue weighted by Gasteiger charge is 2.19. The van der Waals surface area contributed by atoms with Crippen LogP contribution in [0.3, 0.4) is 0 Å². The van der Waals surface area contributed by atoms with Crippen molar-refractivity contribution in [1.82, 2.24) is 4.98 Å². The fraction of sp³-hybridized carbons (Fsp3) is 0.400. The number of alkyl halides is 1. The standard InChI is InChI=1S/C15H17ClN2O/c1-19-13-3-2-11-4-7-17-15(14(11)10-13)18-8-5-12(16)6-9-18/h2-4,7,10,12H,5-6,8-9H2,1H3. The van der Waals surface area contributed by atoms with Crippen LogP contribution < -0.4 is 9.64 Å². The monoisotopic (exact) mass is 276 g/mol. The van der Waals surface area contributed by atoms with Crippen LogP contribution in [0.25, 0.3) is 10.8 Å². The largest absolute Gasteiger partial charge is 0.497 e. The lowest BCUT2D eigenvalue weighted by molar-refractivity contribution is 0.415. The summed E-state index contributed by atoms with van der Waals surface area (Å²) in [5, 5.41) is 2.65. The quantitative estimate of drug-likeness (QED) is 0.786. The predicted molar refractivity (Wildman–Crippen MR) is 79.4 cm³/mol. The van der Waals surface area contributed by atoms with Crippen molar-refractivity contribution in [3.8, 4) is 5.75 Å². The van der Waals surface area contributed by atoms with E-state index >= 15 is 0 Å². The molecule has 0 unspecified atom stereocenters. The van der Waals surface area contributed by atoms with Crippen molar-refractivity contribution in [2.75, 3.05) is 25.1 Å². The molecular weight excluding hydrogens is 260 g/mol. The lowest BCUT2D eigenvalue weighted by atomic mass is 10.1. The average molecular weight is 277 g/mol. The summed E-state index contributed by atoms with van der Waals surface area (Å²) in [4.78, 5) is 6.88. The highest BCUT2D eigenvalue weighted by atomic mass is 35.5. The third kappa shape index (κ3) is 2.47. The molecule has 0 bridgehead atoms. The lowest BCUT2D eigenvalue weighted by Crippen LogP contribution is -2.34. The van der Waals surface area contributed by atoms with Crippen molar-refractivity contribution >= 4 is 28.2 Å². The molecule has 1 saturated heterocycles. The van der Waals surface area contributed by atoms with E-state index in [2.05, 4.69) is 22.0 Å². The van der Waals surface area contributed by atoms with Crippen LogP contribution in [0.4, 0.5) is 5.82 Å². The fourth-order valence-corrected chi connectivity index (χ4v) is 2.77. The number of methoxy groups -OCH3 is 1. The Bertz CT molecular complexity index is 579. The molecule has 2 heterocycles. The Kier molecular flexibility index (Phi) is 3.47. The molecule has 3 rings (SSSR count). The minimum Gasteiger partial charge on any atom is -0.497 e. The maximum absolute atomic E-state index is 6.17. The second kappa shape index (κ2) is 5.25. The second-order valence-corrected chi connectivity index (χ2v) is 5.50. The Balaban J connectivity index is 2.02. The summed E-state index contributed by atoms with van der Waals surface area (Å²) < 4.78 is 5.31. The Morgan fingerprint density at radius 1 is 1.26 bits per heavy atom. The van der Waals surface area contributed by atoms with E-state index in [1.807, 2.05) is 18.3 Å². The lowest BCUT2D eigenvalue weighted by Gasteiger charge is -2.31. The third-order valence-electron chi connectivity index (χ3n) is 3.68. The zero-order valence-corrected chi connectivity index (χ0v) is 11.7. The molecule has 0 spiro atoms. The number of anilines is 1. The first-order valence-corrected chi connectivity index (χ1v) is 7.03. The van der Waals surface area contributed by atoms with E-state index in [0.717, 1.165) is 42.9 Å². The van der Waals surface area contributed by atoms with E-state index in [1.165, 1.54) is 5.39 Å². The molecule has 0 saturated carbocycles. The van der Waals surface area contributed by atoms with Crippen LogP contribution in [-0.2, 0) is 0 Å². The molecule has 0 N–H and O–H groups in total. The van der Waals surface area contributed by atoms with Gasteiger partial charge in [0.25, 0.3) is 0 Å². The van der Waals surface area contributed by atoms with E-state index in [4.69, 9.17) is 16.3 Å². The van der Waals surface area contributed by atoms with Gasteiger partial charge in [-0.25, -0.2) is 4.98 Å². The van der Waals surface area contributed by atoms with Crippen LogP contribution in [0, 0.1) is 0 Å². The number of ether oxygens (including phenoxy) is 1. The molecule has 100 valence electrons. The minimum absolute atomic E-state index is 0.306. The topological polar surface area (TPSA) is 25.4 Å². The van der Waals surface area contributed by atoms with Crippen molar-refractivity contribution in [3.63, 3.8) is 0 Å². The average Bonchev–Trinajstić information content (AvgIpc) is 2.47. The molecule has 3 nitrogen and oxygen atoms in total. The van der Waals surface area contributed by atoms with Gasteiger partial charge in [0, 0.05) is 30.0 Å². The van der Waals surface area contributed by atoms with Crippen LogP contribution in [-0.4, -0.2) is 30.6 Å². The molecule has 0 radical (unpaired) electrons. The molecule has 1 aliphatic rings. The Hall–Kier alpha value is -1.48. The number of piperidine rings is 1. The second-order valence-electron chi connectivity index (χ2n) is 4.88. The first kappa shape index (κ1) is 12.5. The molecule has 4 heteroatoms. The molecule has 19 heavy (non-hydrogen) atoms. The zero-order valence-electron chi connectivity index (χ0n) is 11.0. The van der Waals surface area contributed by atoms with E-state index in [0.29, 0.717) is 5.38 Å². The number of benzene rings is 1. The minimum atomic E-state index is 0.306. The van der Waals surface area contributed by atoms with Crippen LogP contribution in [0.1, 0.15) is 12.8 Å². The van der Waals surface area contributed by atoms with Crippen LogP contribution in [0.15, 0.2) is 30.5 Å². The van der Waals surface area contributed by atoms with Crippen molar-refractivity contribution in [3.05, 3.63) is 30.5 Å². The Morgan fingerprint density at radius 3 is 2.79 bits per heavy atom. The van der Waals surface area contributed by atoms with Crippen molar-refractivity contribution in [2.45, 2.75) is 18.2 Å². The maximum atomic E-state index is 6.17. The first-order valence-electron chi connectivity index (χ1n) is 6.59. The van der Waals surface area contributed by atoms with Gasteiger partial charge in [0.1, 0.15) is 11.6 Å². The van der Waals surface area contributed by atoms with Gasteiger partial charge >= 0.3 is 0 Å². The normalized spacial score (nSPS) is 16.8. The maximum Gasteiger partial charge on any atom is 0.136 e. The van der Waals surface area contributed by atoms with Gasteiger partial charge in [0.15, 0.2) is 0 Å². The number of aromatic nitrogens is 1. The number of hydrogen-bond acceptors (Lipinski definition) is 3. The summed E-state index contributed by atoms with van der Waals surface area (Å²) in [6, 6.07) is 8.15. The van der Waals surface area contributed by atoms with Gasteiger partial charge in [-0.05, 0) is 36.4 Å². The molecule has 0 aliphatic carbocycles. The summed E-state index contributed by atoms with van der Waals surface area (Å²) in [7, 11) is 1.69. The van der Waals surface area contributed by atoms with Crippen molar-refractivity contribution < 1.29 is 4.74 Å². The van der Waals surface area contributed by atoms with E-state index in [1.54, 1.807) is 7.11 Å². The van der Waals surface area contributed by atoms with Gasteiger partial charge in [0.05, 0.1) is 7.11 Å². The Labute approximate surface area is 118 Å². The molecule has 0 amide bonds. The van der Waals surface area contributed by atoms with Gasteiger partial charge in [0.2, 0.25) is 0 Å². The number of halogens is 1. The van der Waals surface area contributed by atoms with Crippen LogP contribution >= 0.6 is 11.6 Å². The van der Waals surface area contributed by atoms with Crippen molar-refractivity contribution in [2.24, 2.45) is 0 Å². The molecular formula is C15H17ClN2O. The molecule has 2 aromatic rings. The Morgan fingerprint density at radius 2 is 2.05 bits per heavy atom. The zero-order chi connectivity index (χ0) is 13.2. The smallest absolute Gasteiger partial charge is 0.136 e. The first-order chi connectivity index (χ1) is 9.28. The highest BCUT2D eigenvalue weighted by Crippen LogP contribution is 2.30. The molecule has 1 aromatic carbocycles. The van der Waals surface area contributed by atoms with Crippen molar-refractivity contribution in [1.29, 1.82) is 0 Å². The molecule has 1 aliphatic heterocycles. The summed E-state index contributed by atoms with van der Waals surface area (Å²) in [6.45, 7) is 1.94. The number of rotatable bonds is 2. The van der Waals surface area contributed by atoms with Gasteiger partial charge in [-0.3, -0.25) is 0 Å². The molecule has 1 aromatic heterocycles. The van der Waals surface area contributed by atoms with Crippen LogP contribution in [0.2, 0.25) is 0 Å². The summed E-state index contributed by atoms with van der Waals surface area (Å²) in [6.07, 6.45) is 3.91. The van der Waals surface area contributed by atoms with E-state index in [-0.39, 0.29) is 0 Å². The van der Waals surface area contributed by atoms with E-state index < -0.39 is 0 Å². The van der Waals surface area contributed by atoms with Gasteiger partial charge in [-0.1, -0.05) is 6.07 Å². The summed E-state index contributed by atoms with van der Waals surface area (Å²) in [5.74, 6) is 1.91. The summed E-state index contributed by atoms with van der Waals surface area (Å²) >= 11 is 6.17. The van der Waals surface area contributed by atoms with Gasteiger partial charge in [-0.15, -0.1) is 11.6 Å². The highest BCUT2D eigenvalue weighted by molar-refractivity contribution is 6.20. The van der Waals surface area contributed by atoms with Crippen LogP contribution in [0.5, 0.6) is 5.75 Å². The number of hydrogen-bond donors (Lipinski definition) is 0. The van der Waals surface area contributed by atoms with E-state index in [9.17, 15) is 0 Å². The number of pyridine rings is 1. The molecule has 1 fully saturated rings. The number of nitrogens with zero attached hydrogens (tertiary/aromatic N) is 2. The number of fused-ring (bicyclic) bond motifs is 1.